The summed E-state index contributed by atoms with van der Waals surface area (Å²) in [6.45, 7) is 4.06. The third kappa shape index (κ3) is 1.58. The zero-order valence-corrected chi connectivity index (χ0v) is 8.56. The summed E-state index contributed by atoms with van der Waals surface area (Å²) in [4.78, 5) is 10.2. The summed E-state index contributed by atoms with van der Waals surface area (Å²) in [6.07, 6.45) is 1.67. The number of hydrogen-bond donors (Lipinski definition) is 0. The van der Waals surface area contributed by atoms with Crippen LogP contribution in [-0.4, -0.2) is 4.92 Å². The molecule has 78 valence electrons. The van der Waals surface area contributed by atoms with Crippen LogP contribution in [0.3, 0.4) is 0 Å². The number of nitro groups is 1. The highest BCUT2D eigenvalue weighted by molar-refractivity contribution is 5.83. The van der Waals surface area contributed by atoms with Gasteiger partial charge in [-0.25, -0.2) is 0 Å². The van der Waals surface area contributed by atoms with Crippen molar-refractivity contribution in [3.8, 4) is 0 Å². The molecule has 0 saturated heterocycles. The number of fused-ring (bicyclic) bond motifs is 1. The van der Waals surface area contributed by atoms with Crippen molar-refractivity contribution in [1.29, 1.82) is 0 Å². The third-order valence-corrected chi connectivity index (χ3v) is 2.42. The van der Waals surface area contributed by atoms with E-state index >= 15 is 0 Å². The lowest BCUT2D eigenvalue weighted by molar-refractivity contribution is -0.384. The second kappa shape index (κ2) is 3.38. The van der Waals surface area contributed by atoms with Crippen LogP contribution in [0.15, 0.2) is 28.9 Å². The Labute approximate surface area is 86.7 Å². The highest BCUT2D eigenvalue weighted by atomic mass is 16.6. The maximum absolute atomic E-state index is 10.6. The van der Waals surface area contributed by atoms with Crippen LogP contribution in [-0.2, 0) is 0 Å². The average Bonchev–Trinajstić information content (AvgIpc) is 2.59. The van der Waals surface area contributed by atoms with E-state index in [9.17, 15) is 10.1 Å². The molecule has 1 aromatic heterocycles. The van der Waals surface area contributed by atoms with Gasteiger partial charge in [0.15, 0.2) is 0 Å². The summed E-state index contributed by atoms with van der Waals surface area (Å²) in [5.41, 5.74) is 1.81. The van der Waals surface area contributed by atoms with E-state index in [1.807, 2.05) is 13.8 Å². The van der Waals surface area contributed by atoms with Gasteiger partial charge in [0.1, 0.15) is 5.58 Å². The molecule has 4 heteroatoms. The molecule has 0 saturated carbocycles. The summed E-state index contributed by atoms with van der Waals surface area (Å²) in [5, 5.41) is 11.5. The minimum Gasteiger partial charge on any atom is -0.464 e. The van der Waals surface area contributed by atoms with Gasteiger partial charge >= 0.3 is 0 Å². The highest BCUT2D eigenvalue weighted by Crippen LogP contribution is 2.30. The van der Waals surface area contributed by atoms with Gasteiger partial charge in [-0.3, -0.25) is 10.1 Å². The van der Waals surface area contributed by atoms with Gasteiger partial charge in [-0.15, -0.1) is 0 Å². The molecule has 0 radical (unpaired) electrons. The molecule has 4 nitrogen and oxygen atoms in total. The number of non-ortho nitro benzene ring substituents is 1. The second-order valence-corrected chi connectivity index (χ2v) is 3.78. The van der Waals surface area contributed by atoms with Crippen molar-refractivity contribution in [2.45, 2.75) is 19.8 Å². The predicted octanol–water partition coefficient (Wildman–Crippen LogP) is 3.46. The fourth-order valence-corrected chi connectivity index (χ4v) is 1.60. The van der Waals surface area contributed by atoms with E-state index in [1.54, 1.807) is 18.4 Å². The quantitative estimate of drug-likeness (QED) is 0.557. The van der Waals surface area contributed by atoms with Crippen molar-refractivity contribution in [2.24, 2.45) is 0 Å². The maximum atomic E-state index is 10.6. The van der Waals surface area contributed by atoms with Crippen molar-refractivity contribution in [3.63, 3.8) is 0 Å². The molecule has 15 heavy (non-hydrogen) atoms. The minimum atomic E-state index is -0.392. The Morgan fingerprint density at radius 1 is 1.40 bits per heavy atom. The lowest BCUT2D eigenvalue weighted by atomic mass is 10.0. The van der Waals surface area contributed by atoms with E-state index < -0.39 is 4.92 Å². The van der Waals surface area contributed by atoms with Crippen molar-refractivity contribution in [3.05, 3.63) is 40.1 Å². The Hall–Kier alpha value is -1.84. The molecule has 0 aliphatic rings. The Kier molecular flexibility index (Phi) is 2.19. The zero-order valence-electron chi connectivity index (χ0n) is 8.56. The van der Waals surface area contributed by atoms with Crippen LogP contribution in [0.2, 0.25) is 0 Å². The van der Waals surface area contributed by atoms with Gasteiger partial charge in [0, 0.05) is 23.1 Å². The number of nitrogens with zero attached hydrogens (tertiary/aromatic N) is 1. The van der Waals surface area contributed by atoms with Gasteiger partial charge in [-0.2, -0.15) is 0 Å². The van der Waals surface area contributed by atoms with Crippen LogP contribution in [0.1, 0.15) is 25.3 Å². The Morgan fingerprint density at radius 3 is 2.73 bits per heavy atom. The van der Waals surface area contributed by atoms with Gasteiger partial charge in [0.05, 0.1) is 11.2 Å². The Bertz CT molecular complexity index is 514. The Balaban J connectivity index is 2.66. The minimum absolute atomic E-state index is 0.103. The standard InChI is InChI=1S/C11H11NO3/c1-7(2)10-6-15-11-4-3-8(12(13)14)5-9(10)11/h3-7H,1-2H3. The summed E-state index contributed by atoms with van der Waals surface area (Å²) < 4.78 is 5.32. The van der Waals surface area contributed by atoms with Crippen LogP contribution < -0.4 is 0 Å². The van der Waals surface area contributed by atoms with E-state index in [2.05, 4.69) is 0 Å². The first-order chi connectivity index (χ1) is 7.09. The van der Waals surface area contributed by atoms with Gasteiger partial charge < -0.3 is 4.42 Å². The molecule has 1 heterocycles. The molecule has 1 aromatic carbocycles. The smallest absolute Gasteiger partial charge is 0.270 e. The van der Waals surface area contributed by atoms with E-state index in [0.717, 1.165) is 10.9 Å². The van der Waals surface area contributed by atoms with Gasteiger partial charge in [-0.1, -0.05) is 13.8 Å². The molecule has 0 atom stereocenters. The van der Waals surface area contributed by atoms with Crippen molar-refractivity contribution in [2.75, 3.05) is 0 Å². The predicted molar refractivity (Wildman–Crippen MR) is 57.0 cm³/mol. The SMILES string of the molecule is CC(C)c1coc2ccc([N+](=O)[O-])cc12. The normalized spacial score (nSPS) is 11.1. The Morgan fingerprint density at radius 2 is 2.13 bits per heavy atom. The van der Waals surface area contributed by atoms with Crippen molar-refractivity contribution >= 4 is 16.7 Å². The average molecular weight is 205 g/mol. The molecular weight excluding hydrogens is 194 g/mol. The molecule has 0 aliphatic carbocycles. The molecule has 0 fully saturated rings. The van der Waals surface area contributed by atoms with Crippen LogP contribution in [0.4, 0.5) is 5.69 Å². The fourth-order valence-electron chi connectivity index (χ4n) is 1.60. The molecule has 2 aromatic rings. The number of benzene rings is 1. The first-order valence-electron chi connectivity index (χ1n) is 4.75. The molecule has 0 bridgehead atoms. The van der Waals surface area contributed by atoms with E-state index in [4.69, 9.17) is 4.42 Å². The van der Waals surface area contributed by atoms with E-state index in [0.29, 0.717) is 11.5 Å². The molecule has 0 aliphatic heterocycles. The fraction of sp³-hybridized carbons (Fsp3) is 0.273. The van der Waals surface area contributed by atoms with Gasteiger partial charge in [-0.05, 0) is 12.0 Å². The third-order valence-electron chi connectivity index (χ3n) is 2.42. The van der Waals surface area contributed by atoms with Crippen LogP contribution in [0.25, 0.3) is 11.0 Å². The monoisotopic (exact) mass is 205 g/mol. The zero-order chi connectivity index (χ0) is 11.0. The van der Waals surface area contributed by atoms with Crippen LogP contribution >= 0.6 is 0 Å². The van der Waals surface area contributed by atoms with Crippen molar-refractivity contribution in [1.82, 2.24) is 0 Å². The summed E-state index contributed by atoms with van der Waals surface area (Å²) >= 11 is 0. The first kappa shape index (κ1) is 9.71. The summed E-state index contributed by atoms with van der Waals surface area (Å²) in [5.74, 6) is 0.299. The summed E-state index contributed by atoms with van der Waals surface area (Å²) in [7, 11) is 0. The largest absolute Gasteiger partial charge is 0.464 e. The topological polar surface area (TPSA) is 56.3 Å². The summed E-state index contributed by atoms with van der Waals surface area (Å²) in [6, 6.07) is 4.66. The molecule has 0 N–H and O–H groups in total. The highest BCUT2D eigenvalue weighted by Gasteiger charge is 2.13. The van der Waals surface area contributed by atoms with Crippen molar-refractivity contribution < 1.29 is 9.34 Å². The van der Waals surface area contributed by atoms with E-state index in [-0.39, 0.29) is 5.69 Å². The number of nitro benzene ring substituents is 1. The molecular formula is C11H11NO3. The number of hydrogen-bond acceptors (Lipinski definition) is 3. The number of rotatable bonds is 2. The van der Waals surface area contributed by atoms with Crippen LogP contribution in [0.5, 0.6) is 0 Å². The molecule has 0 spiro atoms. The second-order valence-electron chi connectivity index (χ2n) is 3.78. The van der Waals surface area contributed by atoms with Crippen LogP contribution in [0, 0.1) is 10.1 Å². The lowest BCUT2D eigenvalue weighted by Crippen LogP contribution is -1.88. The number of furan rings is 1. The van der Waals surface area contributed by atoms with Gasteiger partial charge in [0.25, 0.3) is 5.69 Å². The molecule has 0 unspecified atom stereocenters. The molecule has 0 amide bonds. The van der Waals surface area contributed by atoms with E-state index in [1.165, 1.54) is 6.07 Å². The lowest BCUT2D eigenvalue weighted by Gasteiger charge is -2.00. The maximum Gasteiger partial charge on any atom is 0.270 e. The van der Waals surface area contributed by atoms with Gasteiger partial charge in [0.2, 0.25) is 0 Å². The molecule has 2 rings (SSSR count). The first-order valence-corrected chi connectivity index (χ1v) is 4.75.